The van der Waals surface area contributed by atoms with E-state index in [2.05, 4.69) is 15.4 Å². The predicted octanol–water partition coefficient (Wildman–Crippen LogP) is 1.42. The summed E-state index contributed by atoms with van der Waals surface area (Å²) in [5.41, 5.74) is 0.104. The van der Waals surface area contributed by atoms with Crippen molar-refractivity contribution in [3.8, 4) is 5.82 Å². The quantitative estimate of drug-likeness (QED) is 0.821. The van der Waals surface area contributed by atoms with Crippen molar-refractivity contribution in [3.05, 3.63) is 42.1 Å². The van der Waals surface area contributed by atoms with Crippen LogP contribution in [-0.2, 0) is 9.59 Å². The molecule has 158 valence electrons. The maximum Gasteiger partial charge on any atom is 0.249 e. The minimum absolute atomic E-state index is 0.0428. The Kier molecular flexibility index (Phi) is 4.57. The smallest absolute Gasteiger partial charge is 0.249 e. The van der Waals surface area contributed by atoms with E-state index in [1.54, 1.807) is 17.2 Å². The number of hydrogen-bond donors (Lipinski definition) is 1. The molecule has 4 heterocycles. The van der Waals surface area contributed by atoms with Crippen LogP contribution >= 0.6 is 0 Å². The molecule has 5 rings (SSSR count). The third-order valence-electron chi connectivity index (χ3n) is 6.54. The number of pyridine rings is 1. The number of carbonyl (C=O) groups is 2. The number of hydrogen-bond acceptors (Lipinski definition) is 5. The molecule has 2 aromatic heterocycles. The van der Waals surface area contributed by atoms with E-state index in [1.807, 2.05) is 17.9 Å². The molecule has 2 aromatic rings. The molecule has 2 amide bonds. The Bertz CT molecular complexity index is 964. The lowest BCUT2D eigenvalue weighted by Crippen LogP contribution is -2.71. The van der Waals surface area contributed by atoms with E-state index < -0.39 is 11.4 Å². The molecule has 1 unspecified atom stereocenters. The van der Waals surface area contributed by atoms with Crippen molar-refractivity contribution >= 4 is 11.8 Å². The molecule has 8 nitrogen and oxygen atoms in total. The van der Waals surface area contributed by atoms with Gasteiger partial charge in [-0.2, -0.15) is 5.10 Å². The molecule has 1 aliphatic carbocycles. The van der Waals surface area contributed by atoms with Crippen LogP contribution in [0.25, 0.3) is 5.82 Å². The summed E-state index contributed by atoms with van der Waals surface area (Å²) in [5.74, 6) is 0.147. The Balaban J connectivity index is 1.41. The molecule has 30 heavy (non-hydrogen) atoms. The van der Waals surface area contributed by atoms with Crippen molar-refractivity contribution < 1.29 is 14.0 Å². The van der Waals surface area contributed by atoms with Crippen molar-refractivity contribution in [3.63, 3.8) is 0 Å². The summed E-state index contributed by atoms with van der Waals surface area (Å²) in [6.45, 7) is 3.50. The molecule has 2 aliphatic heterocycles. The van der Waals surface area contributed by atoms with Gasteiger partial charge in [-0.3, -0.25) is 9.59 Å². The van der Waals surface area contributed by atoms with Gasteiger partial charge in [-0.05, 0) is 57.3 Å². The van der Waals surface area contributed by atoms with E-state index in [4.69, 9.17) is 0 Å². The molecular weight excluding hydrogens is 387 g/mol. The second kappa shape index (κ2) is 7.16. The molecule has 0 bridgehead atoms. The maximum absolute atomic E-state index is 13.7. The largest absolute Gasteiger partial charge is 0.325 e. The predicted molar refractivity (Wildman–Crippen MR) is 106 cm³/mol. The zero-order chi connectivity index (χ0) is 20.9. The van der Waals surface area contributed by atoms with Gasteiger partial charge >= 0.3 is 0 Å². The average Bonchev–Trinajstić information content (AvgIpc) is 3.50. The fourth-order valence-corrected chi connectivity index (χ4v) is 4.78. The van der Waals surface area contributed by atoms with Crippen LogP contribution in [0.3, 0.4) is 0 Å². The number of nitrogens with one attached hydrogen (secondary N) is 1. The number of halogens is 1. The molecule has 3 aliphatic rings. The van der Waals surface area contributed by atoms with Crippen molar-refractivity contribution in [1.82, 2.24) is 29.9 Å². The third kappa shape index (κ3) is 3.08. The van der Waals surface area contributed by atoms with Crippen LogP contribution < -0.4 is 5.32 Å². The second-order valence-corrected chi connectivity index (χ2v) is 8.44. The zero-order valence-corrected chi connectivity index (χ0v) is 16.9. The van der Waals surface area contributed by atoms with E-state index in [0.717, 1.165) is 37.7 Å². The summed E-state index contributed by atoms with van der Waals surface area (Å²) in [7, 11) is 0. The van der Waals surface area contributed by atoms with Gasteiger partial charge in [0.1, 0.15) is 12.1 Å². The van der Waals surface area contributed by atoms with Gasteiger partial charge in [0.05, 0.1) is 18.4 Å². The normalized spacial score (nSPS) is 22.6. The van der Waals surface area contributed by atoms with E-state index in [-0.39, 0.29) is 30.4 Å². The average molecular weight is 412 g/mol. The first-order valence-corrected chi connectivity index (χ1v) is 10.5. The van der Waals surface area contributed by atoms with Crippen LogP contribution in [-0.4, -0.2) is 67.6 Å². The Hall–Kier alpha value is -2.81. The molecule has 2 saturated heterocycles. The SMILES string of the molecule is CC(c1ccc(-n2cc(F)cn2)nc1)N1CC(=O)N(C2CC2)C2(CCNCC2)C1=O. The van der Waals surface area contributed by atoms with Gasteiger partial charge in [-0.15, -0.1) is 0 Å². The van der Waals surface area contributed by atoms with E-state index in [9.17, 15) is 14.0 Å². The van der Waals surface area contributed by atoms with E-state index in [0.29, 0.717) is 18.7 Å². The van der Waals surface area contributed by atoms with Crippen molar-refractivity contribution in [2.45, 2.75) is 50.2 Å². The Labute approximate surface area is 174 Å². The van der Waals surface area contributed by atoms with Crippen LogP contribution in [0, 0.1) is 5.82 Å². The monoisotopic (exact) mass is 412 g/mol. The maximum atomic E-state index is 13.7. The van der Waals surface area contributed by atoms with Crippen LogP contribution in [0.2, 0.25) is 0 Å². The summed E-state index contributed by atoms with van der Waals surface area (Å²) in [6, 6.07) is 3.52. The molecule has 1 spiro atoms. The van der Waals surface area contributed by atoms with Crippen molar-refractivity contribution in [2.24, 2.45) is 0 Å². The van der Waals surface area contributed by atoms with Crippen molar-refractivity contribution in [1.29, 1.82) is 0 Å². The van der Waals surface area contributed by atoms with Gasteiger partial charge < -0.3 is 15.1 Å². The topological polar surface area (TPSA) is 83.4 Å². The number of aromatic nitrogens is 3. The minimum atomic E-state index is -0.726. The zero-order valence-electron chi connectivity index (χ0n) is 16.9. The van der Waals surface area contributed by atoms with Crippen LogP contribution in [0.5, 0.6) is 0 Å². The number of rotatable bonds is 4. The first-order chi connectivity index (χ1) is 14.5. The molecular formula is C21H25FN6O2. The molecule has 1 N–H and O–H groups in total. The van der Waals surface area contributed by atoms with Gasteiger partial charge in [-0.1, -0.05) is 6.07 Å². The highest BCUT2D eigenvalue weighted by Crippen LogP contribution is 2.42. The summed E-state index contributed by atoms with van der Waals surface area (Å²) in [6.07, 6.45) is 7.33. The lowest BCUT2D eigenvalue weighted by molar-refractivity contribution is -0.170. The summed E-state index contributed by atoms with van der Waals surface area (Å²) in [5, 5.41) is 7.24. The molecule has 9 heteroatoms. The molecule has 1 atom stereocenters. The van der Waals surface area contributed by atoms with Gasteiger partial charge in [0.2, 0.25) is 11.8 Å². The fourth-order valence-electron chi connectivity index (χ4n) is 4.78. The summed E-state index contributed by atoms with van der Waals surface area (Å²) in [4.78, 5) is 34.8. The van der Waals surface area contributed by atoms with Gasteiger partial charge in [0.15, 0.2) is 11.6 Å². The first-order valence-electron chi connectivity index (χ1n) is 10.5. The van der Waals surface area contributed by atoms with E-state index in [1.165, 1.54) is 10.9 Å². The Morgan fingerprint density at radius 2 is 1.97 bits per heavy atom. The highest BCUT2D eigenvalue weighted by atomic mass is 19.1. The highest BCUT2D eigenvalue weighted by molar-refractivity contribution is 5.98. The Morgan fingerprint density at radius 1 is 1.20 bits per heavy atom. The highest BCUT2D eigenvalue weighted by Gasteiger charge is 2.57. The third-order valence-corrected chi connectivity index (χ3v) is 6.54. The van der Waals surface area contributed by atoms with Crippen molar-refractivity contribution in [2.75, 3.05) is 19.6 Å². The number of piperidine rings is 1. The number of nitrogens with zero attached hydrogens (tertiary/aromatic N) is 5. The van der Waals surface area contributed by atoms with Crippen LogP contribution in [0.15, 0.2) is 30.7 Å². The van der Waals surface area contributed by atoms with Crippen LogP contribution in [0.4, 0.5) is 4.39 Å². The van der Waals surface area contributed by atoms with Gasteiger partial charge in [-0.25, -0.2) is 14.1 Å². The Morgan fingerprint density at radius 3 is 2.57 bits per heavy atom. The molecule has 0 radical (unpaired) electrons. The number of carbonyl (C=O) groups excluding carboxylic acids is 2. The molecule has 1 saturated carbocycles. The summed E-state index contributed by atoms with van der Waals surface area (Å²) < 4.78 is 14.6. The van der Waals surface area contributed by atoms with E-state index >= 15 is 0 Å². The fraction of sp³-hybridized carbons (Fsp3) is 0.524. The lowest BCUT2D eigenvalue weighted by Gasteiger charge is -2.52. The number of amides is 2. The van der Waals surface area contributed by atoms with Crippen LogP contribution in [0.1, 0.15) is 44.2 Å². The lowest BCUT2D eigenvalue weighted by atomic mass is 9.82. The minimum Gasteiger partial charge on any atom is -0.325 e. The van der Waals surface area contributed by atoms with Gasteiger partial charge in [0, 0.05) is 12.2 Å². The second-order valence-electron chi connectivity index (χ2n) is 8.44. The molecule has 3 fully saturated rings. The first kappa shape index (κ1) is 19.2. The number of piperazine rings is 1. The van der Waals surface area contributed by atoms with Gasteiger partial charge in [0.25, 0.3) is 0 Å². The standard InChI is InChI=1S/C21H25FN6O2/c1-14(15-2-5-18(24-10-15)27-12-16(22)11-25-27)26-13-19(29)28(17-3-4-17)21(20(26)30)6-8-23-9-7-21/h2,5,10-12,14,17,23H,3-4,6-9,13H2,1H3. The molecule has 0 aromatic carbocycles. The summed E-state index contributed by atoms with van der Waals surface area (Å²) >= 11 is 0.